The van der Waals surface area contributed by atoms with Crippen molar-refractivity contribution in [2.24, 2.45) is 11.1 Å². The predicted octanol–water partition coefficient (Wildman–Crippen LogP) is 4.24. The van der Waals surface area contributed by atoms with Gasteiger partial charge in [0.1, 0.15) is 0 Å². The molecule has 19 heavy (non-hydrogen) atoms. The molecule has 1 aliphatic rings. The van der Waals surface area contributed by atoms with Gasteiger partial charge in [-0.25, -0.2) is 0 Å². The molecule has 3 nitrogen and oxygen atoms in total. The summed E-state index contributed by atoms with van der Waals surface area (Å²) in [7, 11) is 0. The largest absolute Gasteiger partial charge is 0.481 e. The Morgan fingerprint density at radius 3 is 2.68 bits per heavy atom. The van der Waals surface area contributed by atoms with E-state index in [0.29, 0.717) is 0 Å². The molecule has 0 aliphatic heterocycles. The molecule has 1 heterocycles. The third kappa shape index (κ3) is 3.58. The molecule has 5 heteroatoms. The van der Waals surface area contributed by atoms with Crippen LogP contribution < -0.4 is 5.73 Å². The van der Waals surface area contributed by atoms with E-state index in [1.54, 1.807) is 11.3 Å². The van der Waals surface area contributed by atoms with Gasteiger partial charge in [-0.2, -0.15) is 0 Å². The predicted molar refractivity (Wildman–Crippen MR) is 81.5 cm³/mol. The van der Waals surface area contributed by atoms with Crippen LogP contribution in [-0.2, 0) is 4.79 Å². The van der Waals surface area contributed by atoms with Crippen LogP contribution >= 0.6 is 27.3 Å². The first-order valence-electron chi connectivity index (χ1n) is 6.65. The van der Waals surface area contributed by atoms with E-state index in [0.717, 1.165) is 41.5 Å². The van der Waals surface area contributed by atoms with Crippen molar-refractivity contribution in [1.82, 2.24) is 0 Å². The number of carboxylic acid groups (broad SMARTS) is 1. The van der Waals surface area contributed by atoms with E-state index in [-0.39, 0.29) is 17.9 Å². The van der Waals surface area contributed by atoms with Crippen molar-refractivity contribution in [1.29, 1.82) is 0 Å². The normalized spacial score (nSPS) is 19.5. The van der Waals surface area contributed by atoms with Gasteiger partial charge < -0.3 is 10.8 Å². The van der Waals surface area contributed by atoms with Gasteiger partial charge in [0.2, 0.25) is 0 Å². The number of hydrogen-bond acceptors (Lipinski definition) is 3. The van der Waals surface area contributed by atoms with Crippen LogP contribution in [0.25, 0.3) is 0 Å². The molecule has 1 fully saturated rings. The molecule has 1 aromatic heterocycles. The van der Waals surface area contributed by atoms with Crippen LogP contribution in [0.15, 0.2) is 9.85 Å². The monoisotopic (exact) mass is 345 g/mol. The van der Waals surface area contributed by atoms with Crippen molar-refractivity contribution in [2.75, 3.05) is 0 Å². The first kappa shape index (κ1) is 15.0. The Hall–Kier alpha value is -0.390. The van der Waals surface area contributed by atoms with Crippen molar-refractivity contribution < 1.29 is 9.90 Å². The summed E-state index contributed by atoms with van der Waals surface area (Å²) in [5.41, 5.74) is 7.41. The molecule has 1 aromatic rings. The highest BCUT2D eigenvalue weighted by atomic mass is 79.9. The fraction of sp³-hybridized carbons (Fsp3) is 0.643. The minimum atomic E-state index is -0.697. The molecule has 106 valence electrons. The minimum Gasteiger partial charge on any atom is -0.481 e. The third-order valence-electron chi connectivity index (χ3n) is 4.17. The lowest BCUT2D eigenvalue weighted by Crippen LogP contribution is -2.27. The first-order valence-corrected chi connectivity index (χ1v) is 8.26. The molecule has 0 amide bonds. The van der Waals surface area contributed by atoms with E-state index < -0.39 is 5.97 Å². The van der Waals surface area contributed by atoms with Crippen molar-refractivity contribution >= 4 is 33.2 Å². The first-order chi connectivity index (χ1) is 8.92. The second-order valence-electron chi connectivity index (χ2n) is 5.65. The van der Waals surface area contributed by atoms with E-state index in [4.69, 9.17) is 10.8 Å². The number of aryl methyl sites for hydroxylation is 1. The summed E-state index contributed by atoms with van der Waals surface area (Å²) in [6.07, 6.45) is 5.29. The Morgan fingerprint density at radius 2 is 2.21 bits per heavy atom. The summed E-state index contributed by atoms with van der Waals surface area (Å²) in [5.74, 6) is -0.697. The molecule has 3 N–H and O–H groups in total. The molecule has 1 atom stereocenters. The summed E-state index contributed by atoms with van der Waals surface area (Å²) in [5, 5.41) is 9.14. The molecule has 0 radical (unpaired) electrons. The molecule has 0 spiro atoms. The van der Waals surface area contributed by atoms with Crippen LogP contribution in [0.4, 0.5) is 0 Å². The van der Waals surface area contributed by atoms with Gasteiger partial charge in [-0.3, -0.25) is 4.79 Å². The maximum absolute atomic E-state index is 11.1. The lowest BCUT2D eigenvalue weighted by atomic mass is 9.76. The van der Waals surface area contributed by atoms with E-state index in [1.807, 2.05) is 0 Å². The van der Waals surface area contributed by atoms with Gasteiger partial charge in [0.25, 0.3) is 0 Å². The maximum atomic E-state index is 11.1. The number of carboxylic acids is 1. The fourth-order valence-corrected chi connectivity index (χ4v) is 5.08. The van der Waals surface area contributed by atoms with Gasteiger partial charge >= 0.3 is 5.97 Å². The zero-order chi connectivity index (χ0) is 14.0. The number of carbonyl (C=O) groups is 1. The van der Waals surface area contributed by atoms with Crippen molar-refractivity contribution in [3.63, 3.8) is 0 Å². The van der Waals surface area contributed by atoms with Gasteiger partial charge in [-0.05, 0) is 59.2 Å². The van der Waals surface area contributed by atoms with E-state index in [2.05, 4.69) is 28.9 Å². The quantitative estimate of drug-likeness (QED) is 0.838. The van der Waals surface area contributed by atoms with Crippen LogP contribution in [0.3, 0.4) is 0 Å². The topological polar surface area (TPSA) is 63.3 Å². The van der Waals surface area contributed by atoms with Gasteiger partial charge in [-0.15, -0.1) is 11.3 Å². The highest BCUT2D eigenvalue weighted by Gasteiger charge is 2.37. The Kier molecular flexibility index (Phi) is 4.69. The van der Waals surface area contributed by atoms with E-state index in [9.17, 15) is 4.79 Å². The second kappa shape index (κ2) is 5.94. The van der Waals surface area contributed by atoms with Gasteiger partial charge in [0, 0.05) is 10.9 Å². The number of rotatable bonds is 5. The van der Waals surface area contributed by atoms with Crippen LogP contribution in [0.1, 0.15) is 55.0 Å². The summed E-state index contributed by atoms with van der Waals surface area (Å²) in [4.78, 5) is 12.3. The molecular weight excluding hydrogens is 326 g/mol. The molecule has 0 aromatic carbocycles. The van der Waals surface area contributed by atoms with Crippen molar-refractivity contribution in [2.45, 2.75) is 51.5 Å². The molecule has 0 bridgehead atoms. The SMILES string of the molecule is Cc1sc(Br)cc1C(N)CC1(CC(=O)O)CCCC1. The van der Waals surface area contributed by atoms with E-state index >= 15 is 0 Å². The molecule has 1 aliphatic carbocycles. The summed E-state index contributed by atoms with van der Waals surface area (Å²) >= 11 is 5.18. The third-order valence-corrected chi connectivity index (χ3v) is 5.74. The Bertz CT molecular complexity index is 466. The van der Waals surface area contributed by atoms with E-state index in [1.165, 1.54) is 4.88 Å². The summed E-state index contributed by atoms with van der Waals surface area (Å²) in [6, 6.07) is 2.02. The van der Waals surface area contributed by atoms with Crippen molar-refractivity contribution in [3.05, 3.63) is 20.3 Å². The second-order valence-corrected chi connectivity index (χ2v) is 8.29. The molecular formula is C14H20BrNO2S. The molecule has 1 saturated carbocycles. The number of aliphatic carboxylic acids is 1. The zero-order valence-corrected chi connectivity index (χ0v) is 13.5. The van der Waals surface area contributed by atoms with Gasteiger partial charge in [0.15, 0.2) is 0 Å². The average Bonchev–Trinajstić information content (AvgIpc) is 2.85. The van der Waals surface area contributed by atoms with Gasteiger partial charge in [-0.1, -0.05) is 12.8 Å². The standard InChI is InChI=1S/C14H20BrNO2S/c1-9-10(6-12(15)19-9)11(16)7-14(8-13(17)18)4-2-3-5-14/h6,11H,2-5,7-8,16H2,1H3,(H,17,18). The summed E-state index contributed by atoms with van der Waals surface area (Å²) < 4.78 is 1.09. The Labute approximate surface area is 126 Å². The van der Waals surface area contributed by atoms with Crippen LogP contribution in [0.5, 0.6) is 0 Å². The molecule has 1 unspecified atom stereocenters. The molecule has 2 rings (SSSR count). The molecule has 0 saturated heterocycles. The number of halogens is 1. The highest BCUT2D eigenvalue weighted by Crippen LogP contribution is 2.47. The highest BCUT2D eigenvalue weighted by molar-refractivity contribution is 9.11. The average molecular weight is 346 g/mol. The Balaban J connectivity index is 2.13. The fourth-order valence-electron chi connectivity index (χ4n) is 3.30. The van der Waals surface area contributed by atoms with Crippen LogP contribution in [-0.4, -0.2) is 11.1 Å². The minimum absolute atomic E-state index is 0.0556. The summed E-state index contributed by atoms with van der Waals surface area (Å²) in [6.45, 7) is 2.07. The van der Waals surface area contributed by atoms with Gasteiger partial charge in [0.05, 0.1) is 10.2 Å². The lowest BCUT2D eigenvalue weighted by Gasteiger charge is -2.30. The maximum Gasteiger partial charge on any atom is 0.303 e. The van der Waals surface area contributed by atoms with Crippen molar-refractivity contribution in [3.8, 4) is 0 Å². The zero-order valence-electron chi connectivity index (χ0n) is 11.1. The number of nitrogens with two attached hydrogens (primary N) is 1. The number of thiophene rings is 1. The Morgan fingerprint density at radius 1 is 1.58 bits per heavy atom. The van der Waals surface area contributed by atoms with Crippen LogP contribution in [0, 0.1) is 12.3 Å². The number of hydrogen-bond donors (Lipinski definition) is 2. The lowest BCUT2D eigenvalue weighted by molar-refractivity contribution is -0.139. The smallest absolute Gasteiger partial charge is 0.303 e. The van der Waals surface area contributed by atoms with Crippen LogP contribution in [0.2, 0.25) is 0 Å².